The largest absolute Gasteiger partial charge is 0.350 e. The molecule has 0 aliphatic carbocycles. The van der Waals surface area contributed by atoms with Crippen LogP contribution in [-0.4, -0.2) is 17.7 Å². The molecule has 0 bridgehead atoms. The maximum Gasteiger partial charge on any atom is 0.282 e. The van der Waals surface area contributed by atoms with Gasteiger partial charge in [-0.05, 0) is 73.4 Å². The van der Waals surface area contributed by atoms with Crippen molar-refractivity contribution in [2.75, 3.05) is 15.5 Å². The van der Waals surface area contributed by atoms with Crippen molar-refractivity contribution in [2.45, 2.75) is 27.7 Å². The summed E-state index contributed by atoms with van der Waals surface area (Å²) in [4.78, 5) is 39.6. The van der Waals surface area contributed by atoms with Crippen molar-refractivity contribution in [3.8, 4) is 0 Å². The van der Waals surface area contributed by atoms with Gasteiger partial charge in [-0.2, -0.15) is 0 Å². The number of amides is 3. The number of aryl methyl sites for hydroxylation is 3. The van der Waals surface area contributed by atoms with Gasteiger partial charge in [0.1, 0.15) is 5.70 Å². The fourth-order valence-electron chi connectivity index (χ4n) is 3.79. The summed E-state index contributed by atoms with van der Waals surface area (Å²) in [5, 5.41) is 5.91. The molecule has 3 amide bonds. The quantitative estimate of drug-likeness (QED) is 0.551. The highest BCUT2D eigenvalue weighted by Crippen LogP contribution is 2.35. The van der Waals surface area contributed by atoms with Crippen LogP contribution in [0.3, 0.4) is 0 Å². The van der Waals surface area contributed by atoms with Crippen LogP contribution in [0.5, 0.6) is 0 Å². The van der Waals surface area contributed by atoms with Crippen molar-refractivity contribution in [3.63, 3.8) is 0 Å². The minimum absolute atomic E-state index is 0.195. The first-order chi connectivity index (χ1) is 15.8. The zero-order valence-electron chi connectivity index (χ0n) is 19.0. The fraction of sp³-hybridized carbons (Fsp3) is 0.148. The summed E-state index contributed by atoms with van der Waals surface area (Å²) in [6.45, 7) is 7.35. The fourth-order valence-corrected chi connectivity index (χ4v) is 3.79. The SMILES string of the molecule is CC(=O)Nc1ccc(N2C(=O)C(Nc3ccccc3C)=C(c3ccc(C)c(C)c3)C2=O)cc1. The molecule has 0 aromatic heterocycles. The van der Waals surface area contributed by atoms with Gasteiger partial charge < -0.3 is 10.6 Å². The Balaban J connectivity index is 1.79. The third-order valence-corrected chi connectivity index (χ3v) is 5.73. The van der Waals surface area contributed by atoms with E-state index >= 15 is 0 Å². The minimum atomic E-state index is -0.427. The van der Waals surface area contributed by atoms with Gasteiger partial charge in [0, 0.05) is 18.3 Å². The van der Waals surface area contributed by atoms with Crippen molar-refractivity contribution >= 4 is 40.4 Å². The summed E-state index contributed by atoms with van der Waals surface area (Å²) in [5.41, 5.74) is 6.14. The van der Waals surface area contributed by atoms with Crippen LogP contribution in [0.2, 0.25) is 0 Å². The van der Waals surface area contributed by atoms with E-state index in [1.54, 1.807) is 24.3 Å². The second kappa shape index (κ2) is 8.74. The van der Waals surface area contributed by atoms with Gasteiger partial charge in [0.2, 0.25) is 5.91 Å². The van der Waals surface area contributed by atoms with Crippen LogP contribution in [0, 0.1) is 20.8 Å². The van der Waals surface area contributed by atoms with E-state index in [0.717, 1.165) is 22.4 Å². The first-order valence-electron chi connectivity index (χ1n) is 10.7. The van der Waals surface area contributed by atoms with E-state index < -0.39 is 11.8 Å². The summed E-state index contributed by atoms with van der Waals surface area (Å²) in [7, 11) is 0. The monoisotopic (exact) mass is 439 g/mol. The summed E-state index contributed by atoms with van der Waals surface area (Å²) in [5.74, 6) is -1.02. The third kappa shape index (κ3) is 4.28. The van der Waals surface area contributed by atoms with Crippen molar-refractivity contribution in [1.82, 2.24) is 0 Å². The molecule has 0 unspecified atom stereocenters. The number of imide groups is 1. The number of anilines is 3. The van der Waals surface area contributed by atoms with Crippen LogP contribution in [0.1, 0.15) is 29.2 Å². The van der Waals surface area contributed by atoms with E-state index in [1.165, 1.54) is 11.8 Å². The molecule has 0 fully saturated rings. The molecule has 0 spiro atoms. The van der Waals surface area contributed by atoms with Crippen molar-refractivity contribution in [2.24, 2.45) is 0 Å². The number of para-hydroxylation sites is 1. The Hall–Kier alpha value is -4.19. The first kappa shape index (κ1) is 22.0. The van der Waals surface area contributed by atoms with Gasteiger partial charge >= 0.3 is 0 Å². The Morgan fingerprint density at radius 3 is 2.12 bits per heavy atom. The second-order valence-corrected chi connectivity index (χ2v) is 8.16. The molecule has 2 N–H and O–H groups in total. The molecule has 1 heterocycles. The summed E-state index contributed by atoms with van der Waals surface area (Å²) in [6, 6.07) is 20.0. The molecule has 6 nitrogen and oxygen atoms in total. The highest BCUT2D eigenvalue weighted by molar-refractivity contribution is 6.46. The van der Waals surface area contributed by atoms with Gasteiger partial charge in [0.05, 0.1) is 11.3 Å². The van der Waals surface area contributed by atoms with E-state index in [2.05, 4.69) is 10.6 Å². The number of carbonyl (C=O) groups excluding carboxylic acids is 3. The molecule has 1 aliphatic rings. The van der Waals surface area contributed by atoms with Crippen LogP contribution < -0.4 is 15.5 Å². The maximum atomic E-state index is 13.6. The number of hydrogen-bond donors (Lipinski definition) is 2. The van der Waals surface area contributed by atoms with E-state index in [-0.39, 0.29) is 11.6 Å². The van der Waals surface area contributed by atoms with Crippen molar-refractivity contribution in [1.29, 1.82) is 0 Å². The van der Waals surface area contributed by atoms with Crippen LogP contribution in [0.25, 0.3) is 5.57 Å². The second-order valence-electron chi connectivity index (χ2n) is 8.16. The van der Waals surface area contributed by atoms with Crippen LogP contribution >= 0.6 is 0 Å². The number of benzene rings is 3. The van der Waals surface area contributed by atoms with E-state index in [1.807, 2.05) is 63.2 Å². The van der Waals surface area contributed by atoms with Crippen LogP contribution in [0.15, 0.2) is 72.4 Å². The van der Waals surface area contributed by atoms with Gasteiger partial charge in [-0.15, -0.1) is 0 Å². The Labute approximate surface area is 192 Å². The Kier molecular flexibility index (Phi) is 5.84. The Bertz CT molecular complexity index is 1310. The zero-order chi connectivity index (χ0) is 23.7. The third-order valence-electron chi connectivity index (χ3n) is 5.73. The van der Waals surface area contributed by atoms with Crippen LogP contribution in [0.4, 0.5) is 17.1 Å². The first-order valence-corrected chi connectivity index (χ1v) is 10.7. The predicted octanol–water partition coefficient (Wildman–Crippen LogP) is 4.97. The average molecular weight is 440 g/mol. The molecule has 3 aromatic rings. The Morgan fingerprint density at radius 2 is 1.48 bits per heavy atom. The molecule has 166 valence electrons. The number of nitrogens with zero attached hydrogens (tertiary/aromatic N) is 1. The van der Waals surface area contributed by atoms with Gasteiger partial charge in [-0.3, -0.25) is 14.4 Å². The zero-order valence-corrected chi connectivity index (χ0v) is 19.0. The van der Waals surface area contributed by atoms with E-state index in [4.69, 9.17) is 0 Å². The lowest BCUT2D eigenvalue weighted by molar-refractivity contribution is -0.120. The lowest BCUT2D eigenvalue weighted by Crippen LogP contribution is -2.32. The van der Waals surface area contributed by atoms with Crippen molar-refractivity contribution < 1.29 is 14.4 Å². The van der Waals surface area contributed by atoms with E-state index in [0.29, 0.717) is 22.5 Å². The van der Waals surface area contributed by atoms with Gasteiger partial charge in [0.25, 0.3) is 11.8 Å². The molecule has 3 aromatic carbocycles. The predicted molar refractivity (Wildman–Crippen MR) is 131 cm³/mol. The molecule has 0 saturated heterocycles. The highest BCUT2D eigenvalue weighted by Gasteiger charge is 2.40. The molecular formula is C27H25N3O3. The molecule has 1 aliphatic heterocycles. The molecule has 4 rings (SSSR count). The molecule has 0 atom stereocenters. The molecule has 33 heavy (non-hydrogen) atoms. The topological polar surface area (TPSA) is 78.5 Å². The summed E-state index contributed by atoms with van der Waals surface area (Å²) < 4.78 is 0. The number of hydrogen-bond acceptors (Lipinski definition) is 4. The van der Waals surface area contributed by atoms with Gasteiger partial charge in [-0.25, -0.2) is 4.90 Å². The minimum Gasteiger partial charge on any atom is -0.350 e. The molecular weight excluding hydrogens is 414 g/mol. The highest BCUT2D eigenvalue weighted by atomic mass is 16.2. The normalized spacial score (nSPS) is 13.5. The smallest absolute Gasteiger partial charge is 0.282 e. The lowest BCUT2D eigenvalue weighted by atomic mass is 9.99. The molecule has 6 heteroatoms. The molecule has 0 saturated carbocycles. The summed E-state index contributed by atoms with van der Waals surface area (Å²) in [6.07, 6.45) is 0. The van der Waals surface area contributed by atoms with Crippen molar-refractivity contribution in [3.05, 3.63) is 94.7 Å². The lowest BCUT2D eigenvalue weighted by Gasteiger charge is -2.16. The average Bonchev–Trinajstić information content (AvgIpc) is 3.01. The standard InChI is InChI=1S/C27H25N3O3/c1-16-9-10-20(15-18(16)3)24-25(29-23-8-6-5-7-17(23)2)27(33)30(26(24)32)22-13-11-21(12-14-22)28-19(4)31/h5-15,29H,1-4H3,(H,28,31). The van der Waals surface area contributed by atoms with E-state index in [9.17, 15) is 14.4 Å². The maximum absolute atomic E-state index is 13.6. The number of nitrogens with one attached hydrogen (secondary N) is 2. The number of carbonyl (C=O) groups is 3. The number of rotatable bonds is 5. The van der Waals surface area contributed by atoms with Gasteiger partial charge in [0.15, 0.2) is 0 Å². The Morgan fingerprint density at radius 1 is 0.788 bits per heavy atom. The van der Waals surface area contributed by atoms with Gasteiger partial charge in [-0.1, -0.05) is 36.4 Å². The van der Waals surface area contributed by atoms with Crippen LogP contribution in [-0.2, 0) is 14.4 Å². The summed E-state index contributed by atoms with van der Waals surface area (Å²) >= 11 is 0. The molecule has 0 radical (unpaired) electrons.